The topological polar surface area (TPSA) is 75.9 Å². The van der Waals surface area contributed by atoms with Gasteiger partial charge in [-0.05, 0) is 52.6 Å². The van der Waals surface area contributed by atoms with Crippen LogP contribution in [0.25, 0.3) is 11.1 Å². The van der Waals surface area contributed by atoms with E-state index >= 15 is 4.39 Å². The molecule has 1 unspecified atom stereocenters. The van der Waals surface area contributed by atoms with Gasteiger partial charge < -0.3 is 10.2 Å². The van der Waals surface area contributed by atoms with Gasteiger partial charge in [0.25, 0.3) is 0 Å². The van der Waals surface area contributed by atoms with Crippen LogP contribution in [0.15, 0.2) is 61.1 Å². The van der Waals surface area contributed by atoms with Gasteiger partial charge in [0.2, 0.25) is 5.91 Å². The molecule has 3 aromatic heterocycles. The number of nitrogens with one attached hydrogen (secondary N) is 1. The molecule has 9 heteroatoms. The van der Waals surface area contributed by atoms with Gasteiger partial charge in [-0.25, -0.2) is 14.4 Å². The molecule has 1 N–H and O–H groups in total. The summed E-state index contributed by atoms with van der Waals surface area (Å²) in [5, 5.41) is 7.64. The molecule has 0 saturated carbocycles. The van der Waals surface area contributed by atoms with Crippen LogP contribution < -0.4 is 10.2 Å². The van der Waals surface area contributed by atoms with Crippen molar-refractivity contribution >= 4 is 34.8 Å². The zero-order valence-electron chi connectivity index (χ0n) is 18.7. The van der Waals surface area contributed by atoms with Gasteiger partial charge in [-0.2, -0.15) is 5.10 Å². The first kappa shape index (κ1) is 22.0. The smallest absolute Gasteiger partial charge is 0.231 e. The number of fused-ring (bicyclic) bond motifs is 1. The summed E-state index contributed by atoms with van der Waals surface area (Å²) in [5.74, 6) is 0.771. The first-order valence-electron chi connectivity index (χ1n) is 10.9. The van der Waals surface area contributed by atoms with Crippen molar-refractivity contribution in [2.45, 2.75) is 19.3 Å². The van der Waals surface area contributed by atoms with E-state index in [1.165, 1.54) is 11.0 Å². The van der Waals surface area contributed by atoms with Gasteiger partial charge in [0.15, 0.2) is 0 Å². The lowest BCUT2D eigenvalue weighted by molar-refractivity contribution is -0.118. The molecule has 1 aromatic carbocycles. The Balaban J connectivity index is 1.44. The minimum absolute atomic E-state index is 0.00774. The summed E-state index contributed by atoms with van der Waals surface area (Å²) in [6, 6.07) is 12.5. The van der Waals surface area contributed by atoms with E-state index in [1.807, 2.05) is 38.2 Å². The zero-order chi connectivity index (χ0) is 23.8. The summed E-state index contributed by atoms with van der Waals surface area (Å²) in [4.78, 5) is 23.0. The molecule has 1 aliphatic rings. The summed E-state index contributed by atoms with van der Waals surface area (Å²) >= 11 is 6.12. The fourth-order valence-electron chi connectivity index (χ4n) is 4.25. The fraction of sp³-hybridized carbons (Fsp3) is 0.200. The highest BCUT2D eigenvalue weighted by molar-refractivity contribution is 6.30. The van der Waals surface area contributed by atoms with Crippen LogP contribution in [0.5, 0.6) is 0 Å². The van der Waals surface area contributed by atoms with Gasteiger partial charge in [0.1, 0.15) is 22.6 Å². The number of hydrogen-bond donors (Lipinski definition) is 1. The maximum atomic E-state index is 15.4. The van der Waals surface area contributed by atoms with E-state index in [1.54, 1.807) is 35.4 Å². The Bertz CT molecular complexity index is 1390. The van der Waals surface area contributed by atoms with Crippen molar-refractivity contribution in [3.05, 3.63) is 83.2 Å². The van der Waals surface area contributed by atoms with Gasteiger partial charge >= 0.3 is 0 Å². The molecule has 0 fully saturated rings. The standard InChI is InChI=1S/C25H22ClFN6O/c1-15-14-33(23(34)13-17-4-3-7-29-25(17)26)24-19(15)10-18(11-20(24)27)16-5-8-28-21(12-16)31-22-6-9-30-32(22)2/h3-12,15H,13-14H2,1-2H3,(H,28,31). The number of carbonyl (C=O) groups is 1. The number of aryl methyl sites for hydroxylation is 1. The van der Waals surface area contributed by atoms with Gasteiger partial charge in [-0.1, -0.05) is 24.6 Å². The average molecular weight is 477 g/mol. The Morgan fingerprint density at radius 1 is 1.15 bits per heavy atom. The molecule has 1 atom stereocenters. The molecule has 172 valence electrons. The third-order valence-corrected chi connectivity index (χ3v) is 6.34. The van der Waals surface area contributed by atoms with Gasteiger partial charge in [0.05, 0.1) is 18.3 Å². The molecule has 0 spiro atoms. The molecule has 1 aliphatic heterocycles. The fourth-order valence-corrected chi connectivity index (χ4v) is 4.44. The molecule has 34 heavy (non-hydrogen) atoms. The Kier molecular flexibility index (Phi) is 5.75. The third kappa shape index (κ3) is 4.12. The molecular weight excluding hydrogens is 455 g/mol. The van der Waals surface area contributed by atoms with Crippen molar-refractivity contribution in [2.75, 3.05) is 16.8 Å². The minimum atomic E-state index is -0.430. The Morgan fingerprint density at radius 2 is 2.00 bits per heavy atom. The maximum absolute atomic E-state index is 15.4. The van der Waals surface area contributed by atoms with E-state index < -0.39 is 5.82 Å². The van der Waals surface area contributed by atoms with E-state index in [-0.39, 0.29) is 23.4 Å². The van der Waals surface area contributed by atoms with Gasteiger partial charge in [-0.15, -0.1) is 0 Å². The predicted molar refractivity (Wildman–Crippen MR) is 130 cm³/mol. The van der Waals surface area contributed by atoms with Crippen molar-refractivity contribution in [2.24, 2.45) is 7.05 Å². The van der Waals surface area contributed by atoms with Crippen LogP contribution in [0.2, 0.25) is 5.15 Å². The number of halogens is 2. The number of anilines is 3. The van der Waals surface area contributed by atoms with Crippen molar-refractivity contribution in [3.63, 3.8) is 0 Å². The van der Waals surface area contributed by atoms with E-state index in [9.17, 15) is 4.79 Å². The number of pyridine rings is 2. The third-order valence-electron chi connectivity index (χ3n) is 6.00. The van der Waals surface area contributed by atoms with Crippen LogP contribution >= 0.6 is 11.6 Å². The molecule has 5 rings (SSSR count). The Labute approximate surface area is 201 Å². The first-order valence-corrected chi connectivity index (χ1v) is 11.2. The molecule has 0 saturated heterocycles. The van der Waals surface area contributed by atoms with E-state index in [4.69, 9.17) is 11.6 Å². The van der Waals surface area contributed by atoms with Crippen LogP contribution in [0.4, 0.5) is 21.7 Å². The molecule has 7 nitrogen and oxygen atoms in total. The normalized spacial score (nSPS) is 14.8. The van der Waals surface area contributed by atoms with Gasteiger partial charge in [-0.3, -0.25) is 9.48 Å². The number of amides is 1. The second-order valence-electron chi connectivity index (χ2n) is 8.33. The van der Waals surface area contributed by atoms with Crippen LogP contribution in [0, 0.1) is 5.82 Å². The number of nitrogens with zero attached hydrogens (tertiary/aromatic N) is 5. The van der Waals surface area contributed by atoms with Crippen LogP contribution in [0.1, 0.15) is 24.0 Å². The van der Waals surface area contributed by atoms with E-state index in [0.717, 1.165) is 22.5 Å². The van der Waals surface area contributed by atoms with Crippen molar-refractivity contribution in [1.82, 2.24) is 19.7 Å². The minimum Gasteiger partial charge on any atom is -0.325 e. The highest BCUT2D eigenvalue weighted by Crippen LogP contribution is 2.41. The molecule has 0 radical (unpaired) electrons. The van der Waals surface area contributed by atoms with Crippen molar-refractivity contribution in [1.29, 1.82) is 0 Å². The van der Waals surface area contributed by atoms with Gasteiger partial charge in [0, 0.05) is 38.0 Å². The number of aromatic nitrogens is 4. The maximum Gasteiger partial charge on any atom is 0.231 e. The molecule has 4 heterocycles. The van der Waals surface area contributed by atoms with Crippen LogP contribution in [-0.2, 0) is 18.3 Å². The summed E-state index contributed by atoms with van der Waals surface area (Å²) in [6.07, 6.45) is 5.00. The summed E-state index contributed by atoms with van der Waals surface area (Å²) in [6.45, 7) is 2.41. The lowest BCUT2D eigenvalue weighted by atomic mass is 9.97. The second-order valence-corrected chi connectivity index (χ2v) is 8.68. The molecule has 0 bridgehead atoms. The quantitative estimate of drug-likeness (QED) is 0.405. The molecule has 4 aromatic rings. The Morgan fingerprint density at radius 3 is 2.76 bits per heavy atom. The predicted octanol–water partition coefficient (Wildman–Crippen LogP) is 5.11. The SMILES string of the molecule is CC1CN(C(=O)Cc2cccnc2Cl)c2c(F)cc(-c3ccnc(Nc4ccnn4C)c3)cc21. The summed E-state index contributed by atoms with van der Waals surface area (Å²) in [7, 11) is 1.83. The number of rotatable bonds is 5. The lowest BCUT2D eigenvalue weighted by Gasteiger charge is -2.19. The zero-order valence-corrected chi connectivity index (χ0v) is 19.4. The van der Waals surface area contributed by atoms with Crippen LogP contribution in [0.3, 0.4) is 0 Å². The lowest BCUT2D eigenvalue weighted by Crippen LogP contribution is -2.31. The average Bonchev–Trinajstić information content (AvgIpc) is 3.38. The largest absolute Gasteiger partial charge is 0.325 e. The van der Waals surface area contributed by atoms with Crippen LogP contribution in [-0.4, -0.2) is 32.2 Å². The number of carbonyl (C=O) groups excluding carboxylic acids is 1. The summed E-state index contributed by atoms with van der Waals surface area (Å²) < 4.78 is 17.1. The highest BCUT2D eigenvalue weighted by Gasteiger charge is 2.33. The summed E-state index contributed by atoms with van der Waals surface area (Å²) in [5.41, 5.74) is 3.31. The van der Waals surface area contributed by atoms with Crippen molar-refractivity contribution < 1.29 is 9.18 Å². The van der Waals surface area contributed by atoms with E-state index in [2.05, 4.69) is 20.4 Å². The molecule has 1 amide bonds. The second kappa shape index (κ2) is 8.87. The number of benzene rings is 1. The molecule has 0 aliphatic carbocycles. The van der Waals surface area contributed by atoms with Crippen molar-refractivity contribution in [3.8, 4) is 11.1 Å². The first-order chi connectivity index (χ1) is 16.4. The monoisotopic (exact) mass is 476 g/mol. The van der Waals surface area contributed by atoms with E-state index in [0.29, 0.717) is 23.6 Å². The highest BCUT2D eigenvalue weighted by atomic mass is 35.5. The Hall–Kier alpha value is -3.78. The molecular formula is C25H22ClFN6O. The number of hydrogen-bond acceptors (Lipinski definition) is 5.